The Morgan fingerprint density at radius 2 is 2.00 bits per heavy atom. The van der Waals surface area contributed by atoms with Crippen LogP contribution in [0, 0.1) is 6.92 Å². The first-order chi connectivity index (χ1) is 11.3. The third-order valence-electron chi connectivity index (χ3n) is 3.53. The van der Waals surface area contributed by atoms with E-state index in [4.69, 9.17) is 0 Å². The van der Waals surface area contributed by atoms with E-state index in [1.807, 2.05) is 20.8 Å². The van der Waals surface area contributed by atoms with Crippen LogP contribution in [0.5, 0.6) is 0 Å². The Kier molecular flexibility index (Phi) is 5.23. The van der Waals surface area contributed by atoms with Crippen molar-refractivity contribution in [3.63, 3.8) is 0 Å². The number of rotatable bonds is 4. The molecule has 0 aliphatic carbocycles. The van der Waals surface area contributed by atoms with E-state index < -0.39 is 0 Å². The second kappa shape index (κ2) is 7.16. The summed E-state index contributed by atoms with van der Waals surface area (Å²) < 4.78 is 1.63. The van der Waals surface area contributed by atoms with E-state index in [-0.39, 0.29) is 18.0 Å². The van der Waals surface area contributed by atoms with Crippen LogP contribution in [0.4, 0.5) is 16.2 Å². The van der Waals surface area contributed by atoms with E-state index in [0.29, 0.717) is 16.9 Å². The first-order valence-electron chi connectivity index (χ1n) is 7.73. The van der Waals surface area contributed by atoms with Crippen LogP contribution >= 0.6 is 0 Å². The van der Waals surface area contributed by atoms with Crippen molar-refractivity contribution in [3.05, 3.63) is 41.7 Å². The van der Waals surface area contributed by atoms with Crippen LogP contribution in [-0.4, -0.2) is 34.8 Å². The van der Waals surface area contributed by atoms with Crippen LogP contribution in [0.3, 0.4) is 0 Å². The number of carbonyl (C=O) groups is 2. The van der Waals surface area contributed by atoms with Crippen molar-refractivity contribution in [2.24, 2.45) is 7.05 Å². The zero-order valence-corrected chi connectivity index (χ0v) is 14.6. The van der Waals surface area contributed by atoms with Crippen molar-refractivity contribution in [2.45, 2.75) is 26.8 Å². The standard InChI is InChI=1S/C17H23N5O2/c1-11(2)19-16(23)15-7-6-13(8-12(15)3)20-17(24)22(5)14-9-18-21(4)10-14/h6-11H,1-5H3,(H,19,23)(H,20,24). The van der Waals surface area contributed by atoms with Crippen molar-refractivity contribution in [3.8, 4) is 0 Å². The summed E-state index contributed by atoms with van der Waals surface area (Å²) >= 11 is 0. The lowest BCUT2D eigenvalue weighted by molar-refractivity contribution is 0.0942. The van der Waals surface area contributed by atoms with Gasteiger partial charge in [0.2, 0.25) is 0 Å². The molecule has 1 aromatic heterocycles. The van der Waals surface area contributed by atoms with Gasteiger partial charge in [-0.05, 0) is 44.5 Å². The molecule has 0 aliphatic heterocycles. The maximum atomic E-state index is 12.3. The number of aromatic nitrogens is 2. The summed E-state index contributed by atoms with van der Waals surface area (Å²) in [6.07, 6.45) is 3.37. The Balaban J connectivity index is 2.09. The van der Waals surface area contributed by atoms with E-state index in [9.17, 15) is 9.59 Å². The quantitative estimate of drug-likeness (QED) is 0.904. The van der Waals surface area contributed by atoms with Gasteiger partial charge in [0, 0.05) is 37.6 Å². The molecule has 24 heavy (non-hydrogen) atoms. The zero-order valence-electron chi connectivity index (χ0n) is 14.6. The fourth-order valence-electron chi connectivity index (χ4n) is 2.24. The Morgan fingerprint density at radius 1 is 1.29 bits per heavy atom. The molecular weight excluding hydrogens is 306 g/mol. The molecule has 0 atom stereocenters. The van der Waals surface area contributed by atoms with Gasteiger partial charge in [0.25, 0.3) is 5.91 Å². The number of hydrogen-bond acceptors (Lipinski definition) is 3. The van der Waals surface area contributed by atoms with Gasteiger partial charge in [-0.1, -0.05) is 0 Å². The summed E-state index contributed by atoms with van der Waals surface area (Å²) in [5.74, 6) is -0.118. The Morgan fingerprint density at radius 3 is 2.54 bits per heavy atom. The molecule has 0 unspecified atom stereocenters. The summed E-state index contributed by atoms with van der Waals surface area (Å²) in [6.45, 7) is 5.67. The predicted octanol–water partition coefficient (Wildman–Crippen LogP) is 2.54. The molecule has 128 valence electrons. The molecule has 3 amide bonds. The second-order valence-electron chi connectivity index (χ2n) is 6.02. The van der Waals surface area contributed by atoms with Crippen LogP contribution in [0.25, 0.3) is 0 Å². The number of amides is 3. The Hall–Kier alpha value is -2.83. The van der Waals surface area contributed by atoms with E-state index in [1.165, 1.54) is 4.90 Å². The fraction of sp³-hybridized carbons (Fsp3) is 0.353. The highest BCUT2D eigenvalue weighted by molar-refractivity contribution is 6.02. The Labute approximate surface area is 141 Å². The molecule has 7 heteroatoms. The van der Waals surface area contributed by atoms with Crippen LogP contribution < -0.4 is 15.5 Å². The number of carbonyl (C=O) groups excluding carboxylic acids is 2. The SMILES string of the molecule is Cc1cc(NC(=O)N(C)c2cnn(C)c2)ccc1C(=O)NC(C)C. The minimum atomic E-state index is -0.276. The first kappa shape index (κ1) is 17.5. The number of hydrogen-bond donors (Lipinski definition) is 2. The number of nitrogens with zero attached hydrogens (tertiary/aromatic N) is 3. The molecule has 7 nitrogen and oxygen atoms in total. The minimum Gasteiger partial charge on any atom is -0.350 e. The van der Waals surface area contributed by atoms with Crippen LogP contribution in [0.1, 0.15) is 29.8 Å². The lowest BCUT2D eigenvalue weighted by atomic mass is 10.1. The van der Waals surface area contributed by atoms with Crippen LogP contribution in [-0.2, 0) is 7.05 Å². The van der Waals surface area contributed by atoms with Gasteiger partial charge in [0.15, 0.2) is 0 Å². The highest BCUT2D eigenvalue weighted by Gasteiger charge is 2.14. The topological polar surface area (TPSA) is 79.3 Å². The maximum absolute atomic E-state index is 12.3. The summed E-state index contributed by atoms with van der Waals surface area (Å²) in [5.41, 5.74) is 2.73. The van der Waals surface area contributed by atoms with Crippen molar-refractivity contribution >= 4 is 23.3 Å². The summed E-state index contributed by atoms with van der Waals surface area (Å²) in [6, 6.07) is 5.01. The van der Waals surface area contributed by atoms with Crippen molar-refractivity contribution in [2.75, 3.05) is 17.3 Å². The fourth-order valence-corrected chi connectivity index (χ4v) is 2.24. The first-order valence-corrected chi connectivity index (χ1v) is 7.73. The lowest BCUT2D eigenvalue weighted by Gasteiger charge is -2.17. The summed E-state index contributed by atoms with van der Waals surface area (Å²) in [5, 5.41) is 9.72. The molecule has 0 saturated heterocycles. The molecule has 2 N–H and O–H groups in total. The molecule has 1 heterocycles. The summed E-state index contributed by atoms with van der Waals surface area (Å²) in [4.78, 5) is 25.9. The molecule has 0 spiro atoms. The number of aryl methyl sites for hydroxylation is 2. The van der Waals surface area contributed by atoms with Gasteiger partial charge in [0.05, 0.1) is 11.9 Å². The third kappa shape index (κ3) is 4.13. The molecule has 1 aromatic carbocycles. The van der Waals surface area contributed by atoms with E-state index in [2.05, 4.69) is 15.7 Å². The average molecular weight is 329 g/mol. The van der Waals surface area contributed by atoms with E-state index in [1.54, 1.807) is 49.4 Å². The molecule has 0 saturated carbocycles. The van der Waals surface area contributed by atoms with Gasteiger partial charge in [-0.15, -0.1) is 0 Å². The smallest absolute Gasteiger partial charge is 0.326 e. The predicted molar refractivity (Wildman–Crippen MR) is 94.4 cm³/mol. The highest BCUT2D eigenvalue weighted by Crippen LogP contribution is 2.17. The highest BCUT2D eigenvalue weighted by atomic mass is 16.2. The number of urea groups is 1. The van der Waals surface area contributed by atoms with Gasteiger partial charge in [-0.2, -0.15) is 5.10 Å². The van der Waals surface area contributed by atoms with Gasteiger partial charge in [-0.3, -0.25) is 14.4 Å². The summed E-state index contributed by atoms with van der Waals surface area (Å²) in [7, 11) is 3.46. The molecule has 0 radical (unpaired) electrons. The van der Waals surface area contributed by atoms with Crippen molar-refractivity contribution in [1.29, 1.82) is 0 Å². The van der Waals surface area contributed by atoms with E-state index >= 15 is 0 Å². The number of anilines is 2. The lowest BCUT2D eigenvalue weighted by Crippen LogP contribution is -2.31. The third-order valence-corrected chi connectivity index (χ3v) is 3.53. The second-order valence-corrected chi connectivity index (χ2v) is 6.02. The van der Waals surface area contributed by atoms with Crippen molar-refractivity contribution < 1.29 is 9.59 Å². The number of benzene rings is 1. The molecule has 0 bridgehead atoms. The molecular formula is C17H23N5O2. The Bertz CT molecular complexity index is 751. The largest absolute Gasteiger partial charge is 0.350 e. The van der Waals surface area contributed by atoms with Crippen LogP contribution in [0.15, 0.2) is 30.6 Å². The molecule has 0 aliphatic rings. The van der Waals surface area contributed by atoms with Gasteiger partial charge in [0.1, 0.15) is 0 Å². The van der Waals surface area contributed by atoms with Crippen molar-refractivity contribution in [1.82, 2.24) is 15.1 Å². The monoisotopic (exact) mass is 329 g/mol. The maximum Gasteiger partial charge on any atom is 0.326 e. The molecule has 2 rings (SSSR count). The molecule has 0 fully saturated rings. The average Bonchev–Trinajstić information content (AvgIpc) is 2.92. The molecule has 2 aromatic rings. The van der Waals surface area contributed by atoms with Gasteiger partial charge in [-0.25, -0.2) is 4.79 Å². The van der Waals surface area contributed by atoms with Gasteiger partial charge >= 0.3 is 6.03 Å². The normalized spacial score (nSPS) is 10.6. The van der Waals surface area contributed by atoms with Gasteiger partial charge < -0.3 is 10.6 Å². The van der Waals surface area contributed by atoms with E-state index in [0.717, 1.165) is 5.56 Å². The van der Waals surface area contributed by atoms with Crippen LogP contribution in [0.2, 0.25) is 0 Å². The minimum absolute atomic E-state index is 0.0735. The number of nitrogens with one attached hydrogen (secondary N) is 2. The zero-order chi connectivity index (χ0) is 17.9.